The van der Waals surface area contributed by atoms with Gasteiger partial charge >= 0.3 is 0 Å². The Labute approximate surface area is 114 Å². The van der Waals surface area contributed by atoms with Crippen molar-refractivity contribution in [2.24, 2.45) is 11.7 Å². The van der Waals surface area contributed by atoms with Crippen molar-refractivity contribution in [3.05, 3.63) is 27.7 Å². The molecule has 3 nitrogen and oxygen atoms in total. The number of halogens is 2. The minimum Gasteiger partial charge on any atom is -0.323 e. The second kappa shape index (κ2) is 4.59. The smallest absolute Gasteiger partial charge is 0.244 e. The molecule has 1 aromatic carbocycles. The Morgan fingerprint density at radius 3 is 2.82 bits per heavy atom. The third kappa shape index (κ3) is 2.81. The molecule has 2 rings (SSSR count). The molecule has 1 aromatic rings. The third-order valence-electron chi connectivity index (χ3n) is 3.09. The number of rotatable bonds is 3. The lowest BCUT2D eigenvalue weighted by molar-refractivity contribution is -0.121. The molecule has 1 amide bonds. The molecule has 0 aromatic heterocycles. The lowest BCUT2D eigenvalue weighted by atomic mass is 9.96. The van der Waals surface area contributed by atoms with E-state index in [0.29, 0.717) is 10.7 Å². The summed E-state index contributed by atoms with van der Waals surface area (Å²) in [5.41, 5.74) is 5.81. The summed E-state index contributed by atoms with van der Waals surface area (Å²) in [4.78, 5) is 12.1. The average Bonchev–Trinajstić information content (AvgIpc) is 3.07. The topological polar surface area (TPSA) is 55.1 Å². The van der Waals surface area contributed by atoms with Gasteiger partial charge in [0.2, 0.25) is 5.91 Å². The van der Waals surface area contributed by atoms with Gasteiger partial charge in [0, 0.05) is 4.47 Å². The normalized spacial score (nSPS) is 18.6. The van der Waals surface area contributed by atoms with Crippen LogP contribution in [0, 0.1) is 5.92 Å². The Hall–Kier alpha value is -0.580. The quantitative estimate of drug-likeness (QED) is 0.899. The largest absolute Gasteiger partial charge is 0.323 e. The maximum Gasteiger partial charge on any atom is 0.244 e. The molecular formula is C12H14BrClN2O. The average molecular weight is 318 g/mol. The molecule has 0 heterocycles. The number of benzene rings is 1. The minimum absolute atomic E-state index is 0.181. The van der Waals surface area contributed by atoms with Crippen LogP contribution in [-0.2, 0) is 4.79 Å². The zero-order valence-corrected chi connectivity index (χ0v) is 11.8. The monoisotopic (exact) mass is 316 g/mol. The van der Waals surface area contributed by atoms with Crippen LogP contribution >= 0.6 is 27.5 Å². The fraction of sp³-hybridized carbons (Fsp3) is 0.417. The molecule has 0 spiro atoms. The Morgan fingerprint density at radius 1 is 1.59 bits per heavy atom. The molecule has 1 aliphatic rings. The van der Waals surface area contributed by atoms with Crippen LogP contribution in [0.1, 0.15) is 19.8 Å². The van der Waals surface area contributed by atoms with Crippen molar-refractivity contribution < 1.29 is 4.79 Å². The number of hydrogen-bond acceptors (Lipinski definition) is 2. The summed E-state index contributed by atoms with van der Waals surface area (Å²) in [6.07, 6.45) is 2.04. The second-order valence-corrected chi connectivity index (χ2v) is 5.96. The Kier molecular flexibility index (Phi) is 3.48. The van der Waals surface area contributed by atoms with E-state index in [2.05, 4.69) is 21.2 Å². The Bertz CT molecular complexity index is 458. The van der Waals surface area contributed by atoms with E-state index >= 15 is 0 Å². The van der Waals surface area contributed by atoms with Gasteiger partial charge in [-0.2, -0.15) is 0 Å². The molecule has 0 radical (unpaired) electrons. The van der Waals surface area contributed by atoms with Crippen molar-refractivity contribution in [2.45, 2.75) is 25.3 Å². The second-order valence-electron chi connectivity index (χ2n) is 4.64. The van der Waals surface area contributed by atoms with E-state index in [1.165, 1.54) is 0 Å². The van der Waals surface area contributed by atoms with Crippen molar-refractivity contribution in [3.63, 3.8) is 0 Å². The van der Waals surface area contributed by atoms with Gasteiger partial charge < -0.3 is 11.1 Å². The van der Waals surface area contributed by atoms with E-state index in [1.54, 1.807) is 19.1 Å². The lowest BCUT2D eigenvalue weighted by Crippen LogP contribution is -2.50. The van der Waals surface area contributed by atoms with Crippen LogP contribution in [0.25, 0.3) is 0 Å². The molecule has 0 aliphatic heterocycles. The van der Waals surface area contributed by atoms with Crippen LogP contribution in [-0.4, -0.2) is 11.4 Å². The first-order valence-electron chi connectivity index (χ1n) is 5.46. The number of hydrogen-bond donors (Lipinski definition) is 2. The molecule has 92 valence electrons. The fourth-order valence-electron chi connectivity index (χ4n) is 1.72. The van der Waals surface area contributed by atoms with Gasteiger partial charge in [-0.25, -0.2) is 0 Å². The van der Waals surface area contributed by atoms with Crippen molar-refractivity contribution in [1.29, 1.82) is 0 Å². The van der Waals surface area contributed by atoms with Gasteiger partial charge in [-0.15, -0.1) is 0 Å². The molecule has 1 aliphatic carbocycles. The summed E-state index contributed by atoms with van der Waals surface area (Å²) in [7, 11) is 0. The van der Waals surface area contributed by atoms with Crippen LogP contribution < -0.4 is 11.1 Å². The number of carbonyl (C=O) groups is 1. The van der Waals surface area contributed by atoms with Crippen molar-refractivity contribution >= 4 is 39.1 Å². The summed E-state index contributed by atoms with van der Waals surface area (Å²) in [6, 6.07) is 5.32. The van der Waals surface area contributed by atoms with E-state index in [-0.39, 0.29) is 11.8 Å². The van der Waals surface area contributed by atoms with Crippen LogP contribution in [0.5, 0.6) is 0 Å². The van der Waals surface area contributed by atoms with E-state index in [0.717, 1.165) is 17.3 Å². The summed E-state index contributed by atoms with van der Waals surface area (Å²) in [6.45, 7) is 1.77. The maximum absolute atomic E-state index is 12.1. The minimum atomic E-state index is -0.814. The summed E-state index contributed by atoms with van der Waals surface area (Å²) in [5, 5.41) is 3.29. The summed E-state index contributed by atoms with van der Waals surface area (Å²) in [5.74, 6) is 0.105. The van der Waals surface area contributed by atoms with Crippen molar-refractivity contribution in [1.82, 2.24) is 0 Å². The van der Waals surface area contributed by atoms with Gasteiger partial charge in [0.25, 0.3) is 0 Å². The van der Waals surface area contributed by atoms with Crippen LogP contribution in [0.4, 0.5) is 5.69 Å². The van der Waals surface area contributed by atoms with Gasteiger partial charge in [0.1, 0.15) is 0 Å². The van der Waals surface area contributed by atoms with E-state index < -0.39 is 5.54 Å². The molecule has 3 N–H and O–H groups in total. The van der Waals surface area contributed by atoms with Gasteiger partial charge in [-0.05, 0) is 43.9 Å². The van der Waals surface area contributed by atoms with E-state index in [4.69, 9.17) is 17.3 Å². The van der Waals surface area contributed by atoms with Crippen LogP contribution in [0.2, 0.25) is 5.02 Å². The first-order valence-corrected chi connectivity index (χ1v) is 6.63. The fourth-order valence-corrected chi connectivity index (χ4v) is 2.24. The molecule has 5 heteroatoms. The Balaban J connectivity index is 2.15. The molecule has 0 saturated heterocycles. The number of anilines is 1. The van der Waals surface area contributed by atoms with Gasteiger partial charge in [-0.3, -0.25) is 4.79 Å². The number of nitrogens with two attached hydrogens (primary N) is 1. The first-order chi connectivity index (χ1) is 7.91. The molecule has 17 heavy (non-hydrogen) atoms. The van der Waals surface area contributed by atoms with Gasteiger partial charge in [-0.1, -0.05) is 27.5 Å². The predicted octanol–water partition coefficient (Wildman–Crippen LogP) is 3.17. The number of carbonyl (C=O) groups excluding carboxylic acids is 1. The highest BCUT2D eigenvalue weighted by Gasteiger charge is 2.44. The summed E-state index contributed by atoms with van der Waals surface area (Å²) < 4.78 is 0.863. The highest BCUT2D eigenvalue weighted by molar-refractivity contribution is 9.10. The van der Waals surface area contributed by atoms with Crippen molar-refractivity contribution in [2.75, 3.05) is 5.32 Å². The number of nitrogens with one attached hydrogen (secondary N) is 1. The highest BCUT2D eigenvalue weighted by atomic mass is 79.9. The molecule has 1 saturated carbocycles. The highest BCUT2D eigenvalue weighted by Crippen LogP contribution is 2.39. The summed E-state index contributed by atoms with van der Waals surface area (Å²) >= 11 is 9.35. The third-order valence-corrected chi connectivity index (χ3v) is 3.91. The van der Waals surface area contributed by atoms with Gasteiger partial charge in [0.15, 0.2) is 0 Å². The van der Waals surface area contributed by atoms with Crippen LogP contribution in [0.3, 0.4) is 0 Å². The first kappa shape index (κ1) is 12.9. The standard InChI is InChI=1S/C12H14BrClN2O/c1-12(15,7-2-3-7)11(17)16-10-6-8(13)4-5-9(10)14/h4-7H,2-3,15H2,1H3,(H,16,17). The SMILES string of the molecule is CC(N)(C(=O)Nc1cc(Br)ccc1Cl)C1CC1. The van der Waals surface area contributed by atoms with E-state index in [9.17, 15) is 4.79 Å². The van der Waals surface area contributed by atoms with Gasteiger partial charge in [0.05, 0.1) is 16.2 Å². The molecular weight excluding hydrogens is 304 g/mol. The maximum atomic E-state index is 12.1. The number of amides is 1. The predicted molar refractivity (Wildman–Crippen MR) is 73.1 cm³/mol. The molecule has 1 fully saturated rings. The molecule has 0 bridgehead atoms. The molecule has 1 unspecified atom stereocenters. The van der Waals surface area contributed by atoms with E-state index in [1.807, 2.05) is 6.07 Å². The van der Waals surface area contributed by atoms with Crippen molar-refractivity contribution in [3.8, 4) is 0 Å². The Morgan fingerprint density at radius 2 is 2.24 bits per heavy atom. The lowest BCUT2D eigenvalue weighted by Gasteiger charge is -2.23. The zero-order chi connectivity index (χ0) is 12.6. The molecule has 1 atom stereocenters. The van der Waals surface area contributed by atoms with Crippen LogP contribution in [0.15, 0.2) is 22.7 Å². The zero-order valence-electron chi connectivity index (χ0n) is 9.47.